The van der Waals surface area contributed by atoms with Gasteiger partial charge in [0.2, 0.25) is 0 Å². The minimum atomic E-state index is 0.627. The van der Waals surface area contributed by atoms with Crippen LogP contribution in [0.25, 0.3) is 0 Å². The summed E-state index contributed by atoms with van der Waals surface area (Å²) in [6, 6.07) is 0.627. The van der Waals surface area contributed by atoms with Crippen molar-refractivity contribution in [2.75, 3.05) is 6.54 Å². The lowest BCUT2D eigenvalue weighted by atomic mass is 9.71. The molecule has 0 aromatic carbocycles. The summed E-state index contributed by atoms with van der Waals surface area (Å²) >= 11 is 0. The summed E-state index contributed by atoms with van der Waals surface area (Å²) in [6.45, 7) is 5.64. The van der Waals surface area contributed by atoms with Crippen LogP contribution in [0.3, 0.4) is 0 Å². The van der Waals surface area contributed by atoms with Gasteiger partial charge >= 0.3 is 0 Å². The number of hydrogen-bond donors (Lipinski definition) is 1. The second-order valence-corrected chi connectivity index (χ2v) is 4.76. The molecule has 0 aromatic heterocycles. The van der Waals surface area contributed by atoms with E-state index < -0.39 is 0 Å². The van der Waals surface area contributed by atoms with Crippen LogP contribution in [0, 0.1) is 24.2 Å². The molecule has 0 saturated heterocycles. The van der Waals surface area contributed by atoms with Crippen molar-refractivity contribution in [1.29, 1.82) is 0 Å². The molecule has 1 rings (SSSR count). The molecular formula is C13H23N. The standard InChI is InChI=1S/C13H23N/c1-4-5-6-7-12-8-9-13(12)10-14-11(2)3/h1,11-14H,5-10H2,2-3H3. The van der Waals surface area contributed by atoms with E-state index in [9.17, 15) is 0 Å². The maximum Gasteiger partial charge on any atom is 0.00861 e. The first-order valence-electron chi connectivity index (χ1n) is 5.91. The van der Waals surface area contributed by atoms with Gasteiger partial charge in [0.05, 0.1) is 0 Å². The fourth-order valence-corrected chi connectivity index (χ4v) is 2.14. The lowest BCUT2D eigenvalue weighted by molar-refractivity contribution is 0.155. The van der Waals surface area contributed by atoms with Crippen LogP contribution in [0.5, 0.6) is 0 Å². The van der Waals surface area contributed by atoms with Gasteiger partial charge in [-0.3, -0.25) is 0 Å². The highest BCUT2D eigenvalue weighted by atomic mass is 14.9. The third-order valence-electron chi connectivity index (χ3n) is 3.26. The Balaban J connectivity index is 2.06. The lowest BCUT2D eigenvalue weighted by Crippen LogP contribution is -2.37. The van der Waals surface area contributed by atoms with Crippen LogP contribution in [0.1, 0.15) is 46.0 Å². The van der Waals surface area contributed by atoms with Crippen molar-refractivity contribution in [3.8, 4) is 12.3 Å². The van der Waals surface area contributed by atoms with Gasteiger partial charge in [-0.15, -0.1) is 12.3 Å². The van der Waals surface area contributed by atoms with E-state index in [1.165, 1.54) is 32.2 Å². The van der Waals surface area contributed by atoms with E-state index in [4.69, 9.17) is 6.42 Å². The maximum atomic E-state index is 5.24. The van der Waals surface area contributed by atoms with Gasteiger partial charge < -0.3 is 5.32 Å². The quantitative estimate of drug-likeness (QED) is 0.505. The molecular weight excluding hydrogens is 170 g/mol. The molecule has 2 unspecified atom stereocenters. The zero-order chi connectivity index (χ0) is 10.4. The molecule has 1 aliphatic carbocycles. The molecule has 1 saturated carbocycles. The van der Waals surface area contributed by atoms with Crippen molar-refractivity contribution < 1.29 is 0 Å². The first kappa shape index (κ1) is 11.6. The highest BCUT2D eigenvalue weighted by Crippen LogP contribution is 2.37. The molecule has 2 atom stereocenters. The molecule has 1 fully saturated rings. The predicted molar refractivity (Wildman–Crippen MR) is 62.0 cm³/mol. The molecule has 14 heavy (non-hydrogen) atoms. The molecule has 0 heterocycles. The fraction of sp³-hybridized carbons (Fsp3) is 0.846. The molecule has 80 valence electrons. The highest BCUT2D eigenvalue weighted by Gasteiger charge is 2.29. The first-order valence-corrected chi connectivity index (χ1v) is 5.91. The Labute approximate surface area is 88.7 Å². The van der Waals surface area contributed by atoms with E-state index in [1.807, 2.05) is 0 Å². The molecule has 1 aliphatic rings. The summed E-state index contributed by atoms with van der Waals surface area (Å²) in [4.78, 5) is 0. The van der Waals surface area contributed by atoms with Crippen LogP contribution in [0.2, 0.25) is 0 Å². The molecule has 1 nitrogen and oxygen atoms in total. The van der Waals surface area contributed by atoms with Gasteiger partial charge in [0, 0.05) is 12.5 Å². The molecule has 0 amide bonds. The van der Waals surface area contributed by atoms with Gasteiger partial charge in [-0.25, -0.2) is 0 Å². The zero-order valence-corrected chi connectivity index (χ0v) is 9.55. The van der Waals surface area contributed by atoms with Crippen LogP contribution in [0.15, 0.2) is 0 Å². The summed E-state index contributed by atoms with van der Waals surface area (Å²) in [6.07, 6.45) is 11.6. The largest absolute Gasteiger partial charge is 0.314 e. The Morgan fingerprint density at radius 1 is 1.36 bits per heavy atom. The molecule has 0 bridgehead atoms. The average molecular weight is 193 g/mol. The van der Waals surface area contributed by atoms with E-state index in [1.54, 1.807) is 0 Å². The van der Waals surface area contributed by atoms with Crippen molar-refractivity contribution in [3.63, 3.8) is 0 Å². The summed E-state index contributed by atoms with van der Waals surface area (Å²) in [5.41, 5.74) is 0. The van der Waals surface area contributed by atoms with Crippen molar-refractivity contribution >= 4 is 0 Å². The van der Waals surface area contributed by atoms with E-state index in [2.05, 4.69) is 25.1 Å². The van der Waals surface area contributed by atoms with Gasteiger partial charge in [0.15, 0.2) is 0 Å². The molecule has 1 heteroatoms. The van der Waals surface area contributed by atoms with Crippen molar-refractivity contribution in [3.05, 3.63) is 0 Å². The zero-order valence-electron chi connectivity index (χ0n) is 9.55. The van der Waals surface area contributed by atoms with Crippen LogP contribution < -0.4 is 5.32 Å². The number of unbranched alkanes of at least 4 members (excludes halogenated alkanes) is 1. The van der Waals surface area contributed by atoms with Crippen molar-refractivity contribution in [2.45, 2.75) is 52.0 Å². The summed E-state index contributed by atoms with van der Waals surface area (Å²) in [5.74, 6) is 4.60. The van der Waals surface area contributed by atoms with Crippen LogP contribution in [-0.4, -0.2) is 12.6 Å². The van der Waals surface area contributed by atoms with Crippen molar-refractivity contribution in [2.24, 2.45) is 11.8 Å². The number of terminal acetylenes is 1. The third-order valence-corrected chi connectivity index (χ3v) is 3.26. The Bertz CT molecular complexity index is 190. The van der Waals surface area contributed by atoms with Gasteiger partial charge in [0.1, 0.15) is 0 Å². The number of hydrogen-bond acceptors (Lipinski definition) is 1. The van der Waals surface area contributed by atoms with Crippen LogP contribution >= 0.6 is 0 Å². The van der Waals surface area contributed by atoms with Crippen LogP contribution in [-0.2, 0) is 0 Å². The molecule has 0 aliphatic heterocycles. The fourth-order valence-electron chi connectivity index (χ4n) is 2.14. The Morgan fingerprint density at radius 3 is 2.57 bits per heavy atom. The summed E-state index contributed by atoms with van der Waals surface area (Å²) < 4.78 is 0. The van der Waals surface area contributed by atoms with Gasteiger partial charge in [-0.2, -0.15) is 0 Å². The van der Waals surface area contributed by atoms with E-state index >= 15 is 0 Å². The smallest absolute Gasteiger partial charge is 0.00861 e. The van der Waals surface area contributed by atoms with Crippen LogP contribution in [0.4, 0.5) is 0 Å². The SMILES string of the molecule is C#CCCCC1CCC1CNC(C)C. The second-order valence-electron chi connectivity index (χ2n) is 4.76. The average Bonchev–Trinajstić information content (AvgIpc) is 2.10. The maximum absolute atomic E-state index is 5.24. The summed E-state index contributed by atoms with van der Waals surface area (Å²) in [5, 5.41) is 3.53. The lowest BCUT2D eigenvalue weighted by Gasteiger charge is -2.37. The topological polar surface area (TPSA) is 12.0 Å². The Hall–Kier alpha value is -0.480. The Morgan fingerprint density at radius 2 is 2.07 bits per heavy atom. The molecule has 0 spiro atoms. The van der Waals surface area contributed by atoms with Gasteiger partial charge in [-0.1, -0.05) is 13.8 Å². The monoisotopic (exact) mass is 193 g/mol. The Kier molecular flexibility index (Phi) is 5.04. The van der Waals surface area contributed by atoms with E-state index in [0.717, 1.165) is 18.3 Å². The second kappa shape index (κ2) is 6.09. The number of rotatable bonds is 6. The van der Waals surface area contributed by atoms with Gasteiger partial charge in [0.25, 0.3) is 0 Å². The predicted octanol–water partition coefficient (Wildman–Crippen LogP) is 2.81. The van der Waals surface area contributed by atoms with Gasteiger partial charge in [-0.05, 0) is 44.1 Å². The normalized spacial score (nSPS) is 25.9. The highest BCUT2D eigenvalue weighted by molar-refractivity contribution is 4.86. The van der Waals surface area contributed by atoms with Crippen molar-refractivity contribution in [1.82, 2.24) is 5.32 Å². The minimum absolute atomic E-state index is 0.627. The minimum Gasteiger partial charge on any atom is -0.314 e. The van der Waals surface area contributed by atoms with E-state index in [0.29, 0.717) is 6.04 Å². The summed E-state index contributed by atoms with van der Waals surface area (Å²) in [7, 11) is 0. The van der Waals surface area contributed by atoms with E-state index in [-0.39, 0.29) is 0 Å². The molecule has 1 N–H and O–H groups in total. The molecule has 0 aromatic rings. The third kappa shape index (κ3) is 3.72. The molecule has 0 radical (unpaired) electrons. The first-order chi connectivity index (χ1) is 6.74. The number of nitrogens with one attached hydrogen (secondary N) is 1.